The van der Waals surface area contributed by atoms with E-state index in [2.05, 4.69) is 26.4 Å². The maximum absolute atomic E-state index is 11.9. The highest BCUT2D eigenvalue weighted by Gasteiger charge is 2.31. The number of nitrogens with one attached hydrogen (secondary N) is 1. The van der Waals surface area contributed by atoms with Gasteiger partial charge in [0.25, 0.3) is 5.91 Å². The second-order valence-electron chi connectivity index (χ2n) is 4.09. The second kappa shape index (κ2) is 5.40. The molecule has 1 heterocycles. The number of carbonyl (C=O) groups excluding carboxylic acids is 1. The van der Waals surface area contributed by atoms with E-state index in [1.54, 1.807) is 12.1 Å². The SMILES string of the molecule is Cc1cc(NC(=O)C2CC(C(=O)O)=NO2)ccc1Br. The van der Waals surface area contributed by atoms with E-state index in [9.17, 15) is 9.59 Å². The number of carbonyl (C=O) groups is 2. The van der Waals surface area contributed by atoms with Crippen LogP contribution in [0.15, 0.2) is 27.8 Å². The van der Waals surface area contributed by atoms with Crippen molar-refractivity contribution in [2.24, 2.45) is 5.16 Å². The molecule has 1 atom stereocenters. The molecule has 0 spiro atoms. The number of hydrogen-bond acceptors (Lipinski definition) is 4. The van der Waals surface area contributed by atoms with E-state index in [4.69, 9.17) is 9.94 Å². The molecule has 1 aliphatic heterocycles. The summed E-state index contributed by atoms with van der Waals surface area (Å²) in [4.78, 5) is 27.3. The first kappa shape index (κ1) is 13.5. The summed E-state index contributed by atoms with van der Waals surface area (Å²) < 4.78 is 0.944. The largest absolute Gasteiger partial charge is 0.477 e. The first-order valence-electron chi connectivity index (χ1n) is 5.50. The van der Waals surface area contributed by atoms with Crippen molar-refractivity contribution < 1.29 is 19.5 Å². The van der Waals surface area contributed by atoms with Crippen LogP contribution in [0.3, 0.4) is 0 Å². The first-order chi connectivity index (χ1) is 8.97. The molecule has 1 amide bonds. The van der Waals surface area contributed by atoms with Gasteiger partial charge in [-0.2, -0.15) is 0 Å². The Bertz CT molecular complexity index is 571. The number of halogens is 1. The van der Waals surface area contributed by atoms with Crippen LogP contribution in [0.1, 0.15) is 12.0 Å². The number of oxime groups is 1. The number of aryl methyl sites for hydroxylation is 1. The summed E-state index contributed by atoms with van der Waals surface area (Å²) in [5.74, 6) is -1.59. The quantitative estimate of drug-likeness (QED) is 0.888. The molecule has 1 aliphatic rings. The molecular weight excluding hydrogens is 316 g/mol. The Kier molecular flexibility index (Phi) is 3.84. The van der Waals surface area contributed by atoms with Gasteiger partial charge in [-0.05, 0) is 30.7 Å². The van der Waals surface area contributed by atoms with Crippen molar-refractivity contribution in [3.05, 3.63) is 28.2 Å². The molecule has 7 heteroatoms. The van der Waals surface area contributed by atoms with E-state index in [-0.39, 0.29) is 12.1 Å². The minimum Gasteiger partial charge on any atom is -0.477 e. The molecule has 19 heavy (non-hydrogen) atoms. The molecule has 0 bridgehead atoms. The van der Waals surface area contributed by atoms with Crippen LogP contribution in [-0.4, -0.2) is 28.8 Å². The van der Waals surface area contributed by atoms with Crippen molar-refractivity contribution in [1.29, 1.82) is 0 Å². The van der Waals surface area contributed by atoms with Gasteiger partial charge in [-0.1, -0.05) is 21.1 Å². The van der Waals surface area contributed by atoms with Gasteiger partial charge in [0.2, 0.25) is 6.10 Å². The Morgan fingerprint density at radius 1 is 1.53 bits per heavy atom. The van der Waals surface area contributed by atoms with Crippen molar-refractivity contribution in [3.63, 3.8) is 0 Å². The summed E-state index contributed by atoms with van der Waals surface area (Å²) in [5.41, 5.74) is 1.46. The zero-order chi connectivity index (χ0) is 14.0. The fraction of sp³-hybridized carbons (Fsp3) is 0.250. The summed E-state index contributed by atoms with van der Waals surface area (Å²) in [6.07, 6.45) is -0.925. The lowest BCUT2D eigenvalue weighted by Crippen LogP contribution is -2.28. The summed E-state index contributed by atoms with van der Waals surface area (Å²) in [6.45, 7) is 1.90. The zero-order valence-corrected chi connectivity index (χ0v) is 11.6. The Morgan fingerprint density at radius 3 is 2.84 bits per heavy atom. The molecule has 0 aliphatic carbocycles. The molecule has 1 aromatic carbocycles. The molecule has 6 nitrogen and oxygen atoms in total. The van der Waals surface area contributed by atoms with Gasteiger partial charge >= 0.3 is 5.97 Å². The van der Waals surface area contributed by atoms with Gasteiger partial charge in [0, 0.05) is 16.6 Å². The third kappa shape index (κ3) is 3.11. The molecule has 2 N–H and O–H groups in total. The second-order valence-corrected chi connectivity index (χ2v) is 4.95. The zero-order valence-electron chi connectivity index (χ0n) is 10.0. The fourth-order valence-electron chi connectivity index (χ4n) is 1.59. The number of benzene rings is 1. The van der Waals surface area contributed by atoms with Crippen LogP contribution in [0.5, 0.6) is 0 Å². The van der Waals surface area contributed by atoms with Gasteiger partial charge in [-0.25, -0.2) is 4.79 Å². The van der Waals surface area contributed by atoms with Crippen LogP contribution < -0.4 is 5.32 Å². The average Bonchev–Trinajstić information content (AvgIpc) is 2.83. The number of amides is 1. The maximum atomic E-state index is 11.9. The Labute approximate surface area is 117 Å². The topological polar surface area (TPSA) is 88.0 Å². The van der Waals surface area contributed by atoms with E-state index < -0.39 is 18.0 Å². The number of nitrogens with zero attached hydrogens (tertiary/aromatic N) is 1. The molecule has 0 fully saturated rings. The predicted molar refractivity (Wildman–Crippen MR) is 72.1 cm³/mol. The third-order valence-electron chi connectivity index (χ3n) is 2.63. The molecular formula is C12H11BrN2O4. The fourth-order valence-corrected chi connectivity index (χ4v) is 1.84. The molecule has 0 saturated carbocycles. The van der Waals surface area contributed by atoms with Crippen LogP contribution in [0.25, 0.3) is 0 Å². The Hall–Kier alpha value is -1.89. The van der Waals surface area contributed by atoms with E-state index in [0.717, 1.165) is 10.0 Å². The molecule has 2 rings (SSSR count). The minimum atomic E-state index is -1.17. The lowest BCUT2D eigenvalue weighted by atomic mass is 10.1. The highest BCUT2D eigenvalue weighted by molar-refractivity contribution is 9.10. The summed E-state index contributed by atoms with van der Waals surface area (Å²) >= 11 is 3.36. The number of carboxylic acid groups (broad SMARTS) is 1. The normalized spacial score (nSPS) is 17.6. The summed E-state index contributed by atoms with van der Waals surface area (Å²) in [7, 11) is 0. The summed E-state index contributed by atoms with van der Waals surface area (Å²) in [5, 5.41) is 14.7. The van der Waals surface area contributed by atoms with E-state index in [0.29, 0.717) is 5.69 Å². The lowest BCUT2D eigenvalue weighted by molar-refractivity contribution is -0.129. The standard InChI is InChI=1S/C12H11BrN2O4/c1-6-4-7(2-3-8(6)13)14-11(16)10-5-9(12(17)18)15-19-10/h2-4,10H,5H2,1H3,(H,14,16)(H,17,18). The van der Waals surface area contributed by atoms with Crippen molar-refractivity contribution in [2.45, 2.75) is 19.4 Å². The Balaban J connectivity index is 1.99. The number of aliphatic carboxylic acids is 1. The van der Waals surface area contributed by atoms with E-state index in [1.165, 1.54) is 0 Å². The highest BCUT2D eigenvalue weighted by atomic mass is 79.9. The van der Waals surface area contributed by atoms with Crippen molar-refractivity contribution >= 4 is 39.2 Å². The van der Waals surface area contributed by atoms with Gasteiger partial charge < -0.3 is 15.3 Å². The van der Waals surface area contributed by atoms with Crippen molar-refractivity contribution in [2.75, 3.05) is 5.32 Å². The molecule has 0 aromatic heterocycles. The van der Waals surface area contributed by atoms with Gasteiger partial charge in [0.15, 0.2) is 5.71 Å². The average molecular weight is 327 g/mol. The number of anilines is 1. The van der Waals surface area contributed by atoms with Crippen LogP contribution in [0, 0.1) is 6.92 Å². The lowest BCUT2D eigenvalue weighted by Gasteiger charge is -2.10. The number of hydrogen-bond donors (Lipinski definition) is 2. The van der Waals surface area contributed by atoms with E-state index >= 15 is 0 Å². The van der Waals surface area contributed by atoms with Crippen LogP contribution in [0.2, 0.25) is 0 Å². The van der Waals surface area contributed by atoms with Crippen LogP contribution in [-0.2, 0) is 14.4 Å². The number of carboxylic acids is 1. The molecule has 0 saturated heterocycles. The maximum Gasteiger partial charge on any atom is 0.353 e. The van der Waals surface area contributed by atoms with Crippen LogP contribution in [0.4, 0.5) is 5.69 Å². The molecule has 1 unspecified atom stereocenters. The van der Waals surface area contributed by atoms with Gasteiger partial charge in [-0.3, -0.25) is 4.79 Å². The van der Waals surface area contributed by atoms with Crippen LogP contribution >= 0.6 is 15.9 Å². The smallest absolute Gasteiger partial charge is 0.353 e. The highest BCUT2D eigenvalue weighted by Crippen LogP contribution is 2.21. The summed E-state index contributed by atoms with van der Waals surface area (Å²) in [6, 6.07) is 5.36. The van der Waals surface area contributed by atoms with Crippen molar-refractivity contribution in [1.82, 2.24) is 0 Å². The number of rotatable bonds is 3. The van der Waals surface area contributed by atoms with Crippen molar-refractivity contribution in [3.8, 4) is 0 Å². The first-order valence-corrected chi connectivity index (χ1v) is 6.29. The van der Waals surface area contributed by atoms with E-state index in [1.807, 2.05) is 13.0 Å². The minimum absolute atomic E-state index is 0.0311. The van der Waals surface area contributed by atoms with Gasteiger partial charge in [0.05, 0.1) is 0 Å². The van der Waals surface area contributed by atoms with Gasteiger partial charge in [-0.15, -0.1) is 0 Å². The monoisotopic (exact) mass is 326 g/mol. The predicted octanol–water partition coefficient (Wildman–Crippen LogP) is 1.93. The van der Waals surface area contributed by atoms with Gasteiger partial charge in [0.1, 0.15) is 0 Å². The molecule has 100 valence electrons. The molecule has 0 radical (unpaired) electrons. The molecule has 1 aromatic rings. The third-order valence-corrected chi connectivity index (χ3v) is 3.52. The Morgan fingerprint density at radius 2 is 2.26 bits per heavy atom.